The van der Waals surface area contributed by atoms with Crippen molar-refractivity contribution in [1.82, 2.24) is 20.1 Å². The molecule has 0 aromatic heterocycles. The summed E-state index contributed by atoms with van der Waals surface area (Å²) >= 11 is 0. The Labute approximate surface area is 155 Å². The maximum absolute atomic E-state index is 12.8. The molecule has 2 fully saturated rings. The highest BCUT2D eigenvalue weighted by Crippen LogP contribution is 2.26. The fraction of sp³-hybridized carbons (Fsp3) is 0.611. The number of carbonyl (C=O) groups excluding carboxylic acids is 1. The van der Waals surface area contributed by atoms with E-state index in [1.807, 2.05) is 0 Å². The predicted molar refractivity (Wildman–Crippen MR) is 101 cm³/mol. The average molecular weight is 381 g/mol. The van der Waals surface area contributed by atoms with E-state index in [-0.39, 0.29) is 23.7 Å². The summed E-state index contributed by atoms with van der Waals surface area (Å²) in [5.41, 5.74) is 10.0. The predicted octanol–water partition coefficient (Wildman–Crippen LogP) is 0.705. The summed E-state index contributed by atoms with van der Waals surface area (Å²) in [5, 5.41) is 0. The molecule has 144 valence electrons. The number of carbonyl (C=O) groups is 1. The lowest BCUT2D eigenvalue weighted by atomic mass is 9.96. The van der Waals surface area contributed by atoms with Crippen LogP contribution < -0.4 is 10.9 Å². The van der Waals surface area contributed by atoms with E-state index in [1.54, 1.807) is 11.8 Å². The summed E-state index contributed by atoms with van der Waals surface area (Å²) in [5.74, 6) is 0.144. The number of piperazine rings is 1. The van der Waals surface area contributed by atoms with Crippen LogP contribution in [-0.4, -0.2) is 61.5 Å². The van der Waals surface area contributed by atoms with E-state index in [2.05, 4.69) is 42.9 Å². The SMILES string of the molecule is CCS(=O)(=O)N1CCN(C(=O)C2CC(c3ccc(C)cc3C)NN2)CC1. The lowest BCUT2D eigenvalue weighted by Crippen LogP contribution is -2.54. The Morgan fingerprint density at radius 3 is 2.46 bits per heavy atom. The van der Waals surface area contributed by atoms with Gasteiger partial charge in [0.15, 0.2) is 0 Å². The van der Waals surface area contributed by atoms with E-state index in [4.69, 9.17) is 0 Å². The number of hydrazine groups is 1. The van der Waals surface area contributed by atoms with Gasteiger partial charge in [-0.2, -0.15) is 4.31 Å². The van der Waals surface area contributed by atoms with Gasteiger partial charge in [0.05, 0.1) is 5.75 Å². The zero-order valence-corrected chi connectivity index (χ0v) is 16.5. The van der Waals surface area contributed by atoms with Crippen LogP contribution >= 0.6 is 0 Å². The molecule has 1 amide bonds. The van der Waals surface area contributed by atoms with Gasteiger partial charge in [-0.25, -0.2) is 19.3 Å². The van der Waals surface area contributed by atoms with E-state index >= 15 is 0 Å². The number of rotatable bonds is 4. The zero-order valence-electron chi connectivity index (χ0n) is 15.7. The maximum Gasteiger partial charge on any atom is 0.241 e. The first kappa shape index (κ1) is 19.3. The number of nitrogens with one attached hydrogen (secondary N) is 2. The van der Waals surface area contributed by atoms with Crippen LogP contribution in [0.5, 0.6) is 0 Å². The third-order valence-electron chi connectivity index (χ3n) is 5.31. The third kappa shape index (κ3) is 3.93. The summed E-state index contributed by atoms with van der Waals surface area (Å²) in [6, 6.07) is 6.18. The van der Waals surface area contributed by atoms with Gasteiger partial charge in [-0.1, -0.05) is 23.8 Å². The van der Waals surface area contributed by atoms with Gasteiger partial charge in [0, 0.05) is 32.2 Å². The van der Waals surface area contributed by atoms with Crippen molar-refractivity contribution >= 4 is 15.9 Å². The van der Waals surface area contributed by atoms with Gasteiger partial charge in [-0.15, -0.1) is 0 Å². The van der Waals surface area contributed by atoms with E-state index in [1.165, 1.54) is 21.0 Å². The van der Waals surface area contributed by atoms with Crippen LogP contribution in [0.1, 0.15) is 36.1 Å². The topological polar surface area (TPSA) is 81.8 Å². The molecule has 2 aliphatic rings. The lowest BCUT2D eigenvalue weighted by Gasteiger charge is -2.35. The Morgan fingerprint density at radius 1 is 1.15 bits per heavy atom. The number of hydrogen-bond acceptors (Lipinski definition) is 5. The lowest BCUT2D eigenvalue weighted by molar-refractivity contribution is -0.134. The molecule has 3 rings (SSSR count). The molecule has 1 aromatic rings. The maximum atomic E-state index is 12.8. The summed E-state index contributed by atoms with van der Waals surface area (Å²) in [6.45, 7) is 7.46. The Hall–Kier alpha value is -1.48. The van der Waals surface area contributed by atoms with Crippen LogP contribution in [-0.2, 0) is 14.8 Å². The van der Waals surface area contributed by atoms with E-state index < -0.39 is 10.0 Å². The highest BCUT2D eigenvalue weighted by molar-refractivity contribution is 7.89. The first-order valence-electron chi connectivity index (χ1n) is 9.16. The van der Waals surface area contributed by atoms with Gasteiger partial charge in [0.2, 0.25) is 15.9 Å². The second kappa shape index (κ2) is 7.64. The molecule has 2 aliphatic heterocycles. The fourth-order valence-electron chi connectivity index (χ4n) is 3.73. The molecule has 2 N–H and O–H groups in total. The number of sulfonamides is 1. The molecule has 0 saturated carbocycles. The van der Waals surface area contributed by atoms with Crippen molar-refractivity contribution in [3.8, 4) is 0 Å². The fourth-order valence-corrected chi connectivity index (χ4v) is 4.81. The molecule has 2 heterocycles. The summed E-state index contributed by atoms with van der Waals surface area (Å²) in [7, 11) is -3.18. The van der Waals surface area contributed by atoms with Crippen molar-refractivity contribution in [2.45, 2.75) is 39.3 Å². The highest BCUT2D eigenvalue weighted by Gasteiger charge is 2.35. The van der Waals surface area contributed by atoms with Crippen molar-refractivity contribution < 1.29 is 13.2 Å². The van der Waals surface area contributed by atoms with Crippen LogP contribution in [0.2, 0.25) is 0 Å². The van der Waals surface area contributed by atoms with Crippen LogP contribution in [0.15, 0.2) is 18.2 Å². The Morgan fingerprint density at radius 2 is 1.85 bits per heavy atom. The van der Waals surface area contributed by atoms with Gasteiger partial charge in [0.25, 0.3) is 0 Å². The van der Waals surface area contributed by atoms with Gasteiger partial charge in [-0.3, -0.25) is 4.79 Å². The van der Waals surface area contributed by atoms with Crippen LogP contribution in [0.3, 0.4) is 0 Å². The molecular formula is C18H28N4O3S. The minimum Gasteiger partial charge on any atom is -0.339 e. The molecule has 0 bridgehead atoms. The minimum atomic E-state index is -3.18. The second-order valence-electron chi connectivity index (χ2n) is 7.11. The molecule has 2 atom stereocenters. The van der Waals surface area contributed by atoms with Crippen molar-refractivity contribution in [3.63, 3.8) is 0 Å². The second-order valence-corrected chi connectivity index (χ2v) is 9.37. The molecule has 0 aliphatic carbocycles. The van der Waals surface area contributed by atoms with Gasteiger partial charge < -0.3 is 4.90 Å². The molecule has 8 heteroatoms. The monoisotopic (exact) mass is 380 g/mol. The number of aryl methyl sites for hydroxylation is 2. The Kier molecular flexibility index (Phi) is 5.67. The number of amides is 1. The number of benzene rings is 1. The first-order chi connectivity index (χ1) is 12.3. The van der Waals surface area contributed by atoms with Gasteiger partial charge in [-0.05, 0) is 38.3 Å². The molecule has 26 heavy (non-hydrogen) atoms. The first-order valence-corrected chi connectivity index (χ1v) is 10.8. The summed E-state index contributed by atoms with van der Waals surface area (Å²) in [6.07, 6.45) is 0.691. The molecule has 1 aromatic carbocycles. The minimum absolute atomic E-state index is 0.0401. The molecule has 0 spiro atoms. The number of hydrogen-bond donors (Lipinski definition) is 2. The smallest absolute Gasteiger partial charge is 0.241 e. The zero-order chi connectivity index (χ0) is 18.9. The molecule has 0 radical (unpaired) electrons. The Bertz CT molecular complexity index is 773. The molecular weight excluding hydrogens is 352 g/mol. The standard InChI is InChI=1S/C18H28N4O3S/c1-4-26(24,25)22-9-7-21(8-10-22)18(23)17-12-16(19-20-17)15-6-5-13(2)11-14(15)3/h5-6,11,16-17,19-20H,4,7-10,12H2,1-3H3. The van der Waals surface area contributed by atoms with E-state index in [9.17, 15) is 13.2 Å². The summed E-state index contributed by atoms with van der Waals surface area (Å²) < 4.78 is 25.4. The van der Waals surface area contributed by atoms with Crippen LogP contribution in [0.4, 0.5) is 0 Å². The Balaban J connectivity index is 1.59. The van der Waals surface area contributed by atoms with E-state index in [0.29, 0.717) is 32.6 Å². The average Bonchev–Trinajstić information content (AvgIpc) is 3.11. The molecule has 2 saturated heterocycles. The summed E-state index contributed by atoms with van der Waals surface area (Å²) in [4.78, 5) is 14.6. The molecule has 7 nitrogen and oxygen atoms in total. The van der Waals surface area contributed by atoms with Crippen LogP contribution in [0.25, 0.3) is 0 Å². The third-order valence-corrected chi connectivity index (χ3v) is 7.19. The largest absolute Gasteiger partial charge is 0.339 e. The van der Waals surface area contributed by atoms with Crippen molar-refractivity contribution in [2.75, 3.05) is 31.9 Å². The normalized spacial score (nSPS) is 24.8. The van der Waals surface area contributed by atoms with Crippen molar-refractivity contribution in [1.29, 1.82) is 0 Å². The van der Waals surface area contributed by atoms with Crippen LogP contribution in [0, 0.1) is 13.8 Å². The quantitative estimate of drug-likeness (QED) is 0.804. The van der Waals surface area contributed by atoms with E-state index in [0.717, 1.165) is 0 Å². The van der Waals surface area contributed by atoms with Gasteiger partial charge in [0.1, 0.15) is 6.04 Å². The molecule has 2 unspecified atom stereocenters. The number of nitrogens with zero attached hydrogens (tertiary/aromatic N) is 2. The van der Waals surface area contributed by atoms with Gasteiger partial charge >= 0.3 is 0 Å². The highest BCUT2D eigenvalue weighted by atomic mass is 32.2. The van der Waals surface area contributed by atoms with Crippen molar-refractivity contribution in [3.05, 3.63) is 34.9 Å². The van der Waals surface area contributed by atoms with Crippen molar-refractivity contribution in [2.24, 2.45) is 0 Å².